The van der Waals surface area contributed by atoms with Gasteiger partial charge in [-0.25, -0.2) is 4.79 Å². The third kappa shape index (κ3) is 3.04. The highest BCUT2D eigenvalue weighted by atomic mass is 16.2. The van der Waals surface area contributed by atoms with Crippen molar-refractivity contribution in [1.82, 2.24) is 15.1 Å². The number of piperidine rings is 1. The second-order valence-electron chi connectivity index (χ2n) is 10.1. The normalized spacial score (nSPS) is 33.6. The summed E-state index contributed by atoms with van der Waals surface area (Å²) in [5, 5.41) is 3.24. The summed E-state index contributed by atoms with van der Waals surface area (Å²) >= 11 is 0. The van der Waals surface area contributed by atoms with Gasteiger partial charge in [0.15, 0.2) is 0 Å². The minimum atomic E-state index is 0. The first-order valence-electron chi connectivity index (χ1n) is 11.4. The summed E-state index contributed by atoms with van der Waals surface area (Å²) in [6.45, 7) is 2.52. The lowest BCUT2D eigenvalue weighted by Crippen LogP contribution is -2.50. The molecule has 1 heterocycles. The second kappa shape index (κ2) is 7.05. The Balaban J connectivity index is 0.00000205. The number of nitrogens with zero attached hydrogens (tertiary/aromatic N) is 2. The molecule has 3 fully saturated rings. The number of urea groups is 1. The van der Waals surface area contributed by atoms with Gasteiger partial charge < -0.3 is 15.1 Å². The molecule has 154 valence electrons. The SMILES string of the molecule is CN(C)C(=O)N[C@H]1CCC2(CCN([C@@H]3C[C@@H]4CC[C@H]3C4)CC2)c2ccccc21.[HH]. The maximum Gasteiger partial charge on any atom is 0.317 e. The molecule has 2 amide bonds. The molecule has 4 heteroatoms. The largest absolute Gasteiger partial charge is 0.331 e. The monoisotopic (exact) mass is 383 g/mol. The first-order chi connectivity index (χ1) is 13.6. The Morgan fingerprint density at radius 2 is 1.89 bits per heavy atom. The van der Waals surface area contributed by atoms with E-state index >= 15 is 0 Å². The zero-order valence-electron chi connectivity index (χ0n) is 17.5. The van der Waals surface area contributed by atoms with Gasteiger partial charge in [0.1, 0.15) is 0 Å². The van der Waals surface area contributed by atoms with Gasteiger partial charge in [-0.1, -0.05) is 30.7 Å². The van der Waals surface area contributed by atoms with E-state index in [1.54, 1.807) is 4.90 Å². The third-order valence-corrected chi connectivity index (χ3v) is 8.45. The van der Waals surface area contributed by atoms with E-state index in [-0.39, 0.29) is 13.5 Å². The van der Waals surface area contributed by atoms with Crippen LogP contribution in [0.25, 0.3) is 0 Å². The molecular formula is C24H37N3O. The van der Waals surface area contributed by atoms with Crippen molar-refractivity contribution in [1.29, 1.82) is 0 Å². The standard InChI is InChI=1S/C24H35N3O.H2/c1-26(2)23(28)25-21-9-10-24(20-6-4-3-5-19(20)21)11-13-27(14-12-24)22-16-17-7-8-18(22)15-17;/h3-6,17-18,21-22H,7-16H2,1-2H3,(H,25,28);1H/t17-,18+,21+,22-;/m1./s1. The maximum atomic E-state index is 12.2. The fourth-order valence-electron chi connectivity index (χ4n) is 6.88. The van der Waals surface area contributed by atoms with Gasteiger partial charge in [0.25, 0.3) is 0 Å². The number of amides is 2. The van der Waals surface area contributed by atoms with Gasteiger partial charge in [-0.05, 0) is 86.4 Å². The van der Waals surface area contributed by atoms with Crippen molar-refractivity contribution >= 4 is 6.03 Å². The first-order valence-corrected chi connectivity index (χ1v) is 11.4. The zero-order valence-corrected chi connectivity index (χ0v) is 17.5. The minimum Gasteiger partial charge on any atom is -0.331 e. The third-order valence-electron chi connectivity index (χ3n) is 8.45. The van der Waals surface area contributed by atoms with Crippen LogP contribution in [-0.2, 0) is 5.41 Å². The van der Waals surface area contributed by atoms with Crippen molar-refractivity contribution in [3.05, 3.63) is 35.4 Å². The van der Waals surface area contributed by atoms with Crippen LogP contribution in [0.3, 0.4) is 0 Å². The molecule has 3 aliphatic carbocycles. The molecule has 2 saturated carbocycles. The van der Waals surface area contributed by atoms with E-state index in [0.29, 0.717) is 5.41 Å². The Hall–Kier alpha value is -1.55. The fourth-order valence-corrected chi connectivity index (χ4v) is 6.88. The molecule has 0 unspecified atom stereocenters. The summed E-state index contributed by atoms with van der Waals surface area (Å²) in [6.07, 6.45) is 10.8. The van der Waals surface area contributed by atoms with Crippen LogP contribution in [0.1, 0.15) is 70.0 Å². The van der Waals surface area contributed by atoms with Crippen molar-refractivity contribution in [3.63, 3.8) is 0 Å². The average Bonchev–Trinajstić information content (AvgIpc) is 3.34. The van der Waals surface area contributed by atoms with E-state index in [9.17, 15) is 4.79 Å². The molecule has 4 aliphatic rings. The lowest BCUT2D eigenvalue weighted by atomic mass is 9.63. The molecule has 1 aliphatic heterocycles. The predicted molar refractivity (Wildman–Crippen MR) is 114 cm³/mol. The van der Waals surface area contributed by atoms with Crippen LogP contribution in [0.15, 0.2) is 24.3 Å². The summed E-state index contributed by atoms with van der Waals surface area (Å²) in [4.78, 5) is 16.7. The van der Waals surface area contributed by atoms with E-state index in [0.717, 1.165) is 24.3 Å². The zero-order chi connectivity index (χ0) is 19.3. The number of hydrogen-bond donors (Lipinski definition) is 1. The molecule has 1 spiro atoms. The molecule has 5 rings (SSSR count). The van der Waals surface area contributed by atoms with Crippen molar-refractivity contribution in [2.75, 3.05) is 27.2 Å². The molecule has 2 bridgehead atoms. The highest BCUT2D eigenvalue weighted by Gasteiger charge is 2.47. The van der Waals surface area contributed by atoms with E-state index in [4.69, 9.17) is 0 Å². The van der Waals surface area contributed by atoms with Crippen LogP contribution >= 0.6 is 0 Å². The van der Waals surface area contributed by atoms with Crippen LogP contribution in [0.2, 0.25) is 0 Å². The Morgan fingerprint density at radius 1 is 1.11 bits per heavy atom. The number of fused-ring (bicyclic) bond motifs is 4. The lowest BCUT2D eigenvalue weighted by molar-refractivity contribution is 0.0748. The van der Waals surface area contributed by atoms with Crippen molar-refractivity contribution in [2.24, 2.45) is 11.8 Å². The highest BCUT2D eigenvalue weighted by Crippen LogP contribution is 2.51. The topological polar surface area (TPSA) is 35.6 Å². The molecule has 4 nitrogen and oxygen atoms in total. The molecular weight excluding hydrogens is 346 g/mol. The minimum absolute atomic E-state index is 0. The van der Waals surface area contributed by atoms with Gasteiger partial charge in [0.05, 0.1) is 6.04 Å². The van der Waals surface area contributed by atoms with E-state index in [1.165, 1.54) is 69.2 Å². The second-order valence-corrected chi connectivity index (χ2v) is 10.1. The van der Waals surface area contributed by atoms with E-state index < -0.39 is 0 Å². The molecule has 0 radical (unpaired) electrons. The smallest absolute Gasteiger partial charge is 0.317 e. The number of hydrogen-bond acceptors (Lipinski definition) is 2. The number of carbonyl (C=O) groups is 1. The van der Waals surface area contributed by atoms with Gasteiger partial charge in [-0.15, -0.1) is 0 Å². The Kier molecular flexibility index (Phi) is 4.65. The summed E-state index contributed by atoms with van der Waals surface area (Å²) in [7, 11) is 3.63. The van der Waals surface area contributed by atoms with Gasteiger partial charge in [-0.2, -0.15) is 0 Å². The van der Waals surface area contributed by atoms with E-state index in [1.807, 2.05) is 14.1 Å². The summed E-state index contributed by atoms with van der Waals surface area (Å²) in [6, 6.07) is 9.97. The fraction of sp³-hybridized carbons (Fsp3) is 0.708. The number of likely N-dealkylation sites (tertiary alicyclic amines) is 1. The number of rotatable bonds is 2. The Labute approximate surface area is 171 Å². The van der Waals surface area contributed by atoms with Crippen LogP contribution in [-0.4, -0.2) is 49.1 Å². The number of nitrogens with one attached hydrogen (secondary N) is 1. The number of carbonyl (C=O) groups excluding carboxylic acids is 1. The highest BCUT2D eigenvalue weighted by molar-refractivity contribution is 5.74. The molecule has 1 aromatic carbocycles. The summed E-state index contributed by atoms with van der Waals surface area (Å²) < 4.78 is 0. The van der Waals surface area contributed by atoms with Crippen LogP contribution in [0.5, 0.6) is 0 Å². The van der Waals surface area contributed by atoms with Gasteiger partial charge in [0.2, 0.25) is 0 Å². The first kappa shape index (κ1) is 18.5. The van der Waals surface area contributed by atoms with Crippen LogP contribution in [0.4, 0.5) is 4.79 Å². The van der Waals surface area contributed by atoms with Crippen molar-refractivity contribution in [3.8, 4) is 0 Å². The molecule has 0 aromatic heterocycles. The van der Waals surface area contributed by atoms with Gasteiger partial charge in [0, 0.05) is 21.6 Å². The van der Waals surface area contributed by atoms with Gasteiger partial charge in [-0.3, -0.25) is 0 Å². The van der Waals surface area contributed by atoms with Crippen molar-refractivity contribution < 1.29 is 6.22 Å². The maximum absolute atomic E-state index is 12.2. The predicted octanol–water partition coefficient (Wildman–Crippen LogP) is 4.56. The summed E-state index contributed by atoms with van der Waals surface area (Å²) in [5.41, 5.74) is 3.19. The molecule has 28 heavy (non-hydrogen) atoms. The Bertz CT molecular complexity index is 743. The quantitative estimate of drug-likeness (QED) is 0.812. The van der Waals surface area contributed by atoms with E-state index in [2.05, 4.69) is 34.5 Å². The van der Waals surface area contributed by atoms with Crippen LogP contribution in [0, 0.1) is 11.8 Å². The van der Waals surface area contributed by atoms with Gasteiger partial charge >= 0.3 is 6.03 Å². The Morgan fingerprint density at radius 3 is 2.57 bits per heavy atom. The lowest BCUT2D eigenvalue weighted by Gasteiger charge is -2.49. The summed E-state index contributed by atoms with van der Waals surface area (Å²) in [5.74, 6) is 2.02. The average molecular weight is 384 g/mol. The van der Waals surface area contributed by atoms with Crippen molar-refractivity contribution in [2.45, 2.75) is 68.9 Å². The molecule has 1 saturated heterocycles. The van der Waals surface area contributed by atoms with Crippen LogP contribution < -0.4 is 5.32 Å². The number of benzene rings is 1. The molecule has 1 aromatic rings. The molecule has 1 N–H and O–H groups in total. The molecule has 4 atom stereocenters.